The first kappa shape index (κ1) is 21.5. The van der Waals surface area contributed by atoms with Crippen molar-refractivity contribution in [2.24, 2.45) is 0 Å². The molecule has 0 bridgehead atoms. The maximum Gasteiger partial charge on any atom is 0.255 e. The lowest BCUT2D eigenvalue weighted by Gasteiger charge is -2.13. The van der Waals surface area contributed by atoms with Gasteiger partial charge < -0.3 is 9.88 Å². The third-order valence-corrected chi connectivity index (χ3v) is 6.18. The minimum atomic E-state index is -3.63. The van der Waals surface area contributed by atoms with Crippen molar-refractivity contribution < 1.29 is 13.2 Å². The highest BCUT2D eigenvalue weighted by atomic mass is 32.2. The third-order valence-electron chi connectivity index (χ3n) is 4.74. The molecule has 0 radical (unpaired) electrons. The lowest BCUT2D eigenvalue weighted by atomic mass is 10.1. The Labute approximate surface area is 175 Å². The van der Waals surface area contributed by atoms with Crippen LogP contribution in [0, 0.1) is 6.92 Å². The highest BCUT2D eigenvalue weighted by Gasteiger charge is 2.14. The molecule has 0 saturated heterocycles. The quantitative estimate of drug-likeness (QED) is 0.569. The summed E-state index contributed by atoms with van der Waals surface area (Å²) in [7, 11) is -3.63. The van der Waals surface area contributed by atoms with Gasteiger partial charge in [0, 0.05) is 41.5 Å². The fourth-order valence-electron chi connectivity index (χ4n) is 3.24. The van der Waals surface area contributed by atoms with E-state index in [0.717, 1.165) is 11.2 Å². The molecular formula is C22H23N3O4S. The average Bonchev–Trinajstić information content (AvgIpc) is 2.72. The number of hydrogen-bond acceptors (Lipinski definition) is 4. The lowest BCUT2D eigenvalue weighted by Crippen LogP contribution is -2.23. The number of aryl methyl sites for hydroxylation is 2. The van der Waals surface area contributed by atoms with E-state index in [1.807, 2.05) is 18.4 Å². The van der Waals surface area contributed by atoms with Crippen molar-refractivity contribution in [3.63, 3.8) is 0 Å². The number of rotatable bonds is 7. The van der Waals surface area contributed by atoms with Crippen molar-refractivity contribution in [1.29, 1.82) is 0 Å². The number of hydrogen-bond donors (Lipinski definition) is 2. The summed E-state index contributed by atoms with van der Waals surface area (Å²) in [6.07, 6.45) is 1.45. The summed E-state index contributed by atoms with van der Waals surface area (Å²) < 4.78 is 28.6. The molecule has 0 atom stereocenters. The van der Waals surface area contributed by atoms with Crippen LogP contribution < -0.4 is 15.5 Å². The lowest BCUT2D eigenvalue weighted by molar-refractivity contribution is 0.102. The third kappa shape index (κ3) is 4.34. The molecule has 2 aromatic carbocycles. The van der Waals surface area contributed by atoms with E-state index in [2.05, 4.69) is 16.6 Å². The first-order valence-corrected chi connectivity index (χ1v) is 10.9. The van der Waals surface area contributed by atoms with Crippen LogP contribution >= 0.6 is 0 Å². The van der Waals surface area contributed by atoms with Gasteiger partial charge in [-0.25, -0.2) is 13.1 Å². The van der Waals surface area contributed by atoms with Crippen molar-refractivity contribution >= 4 is 32.5 Å². The highest BCUT2D eigenvalue weighted by molar-refractivity contribution is 7.89. The van der Waals surface area contributed by atoms with Crippen LogP contribution in [0.15, 0.2) is 70.9 Å². The number of aromatic nitrogens is 1. The van der Waals surface area contributed by atoms with E-state index in [0.29, 0.717) is 23.2 Å². The Kier molecular flexibility index (Phi) is 6.19. The summed E-state index contributed by atoms with van der Waals surface area (Å²) in [6, 6.07) is 12.4. The van der Waals surface area contributed by atoms with E-state index in [1.165, 1.54) is 30.3 Å². The van der Waals surface area contributed by atoms with Crippen LogP contribution in [0.1, 0.15) is 23.0 Å². The Morgan fingerprint density at radius 3 is 2.47 bits per heavy atom. The SMILES string of the molecule is C=CCNS(=O)(=O)c1ccc(NC(=O)c2ccc3c(c2)c(=O)cc(C)n3CC)cc1. The summed E-state index contributed by atoms with van der Waals surface area (Å²) in [4.78, 5) is 25.1. The fourth-order valence-corrected chi connectivity index (χ4v) is 4.24. The zero-order valence-electron chi connectivity index (χ0n) is 16.8. The van der Waals surface area contributed by atoms with Gasteiger partial charge >= 0.3 is 0 Å². The van der Waals surface area contributed by atoms with Gasteiger partial charge in [0.1, 0.15) is 0 Å². The second-order valence-corrected chi connectivity index (χ2v) is 8.51. The first-order chi connectivity index (χ1) is 14.3. The summed E-state index contributed by atoms with van der Waals surface area (Å²) in [5.41, 5.74) is 2.29. The van der Waals surface area contributed by atoms with E-state index in [1.54, 1.807) is 24.3 Å². The number of anilines is 1. The maximum absolute atomic E-state index is 12.7. The molecule has 30 heavy (non-hydrogen) atoms. The number of pyridine rings is 1. The number of sulfonamides is 1. The van der Waals surface area contributed by atoms with Crippen LogP contribution in [-0.2, 0) is 16.6 Å². The van der Waals surface area contributed by atoms with Crippen LogP contribution in [0.5, 0.6) is 0 Å². The van der Waals surface area contributed by atoms with E-state index in [4.69, 9.17) is 0 Å². The van der Waals surface area contributed by atoms with Gasteiger partial charge in [0.15, 0.2) is 5.43 Å². The Balaban J connectivity index is 1.85. The fraction of sp³-hybridized carbons (Fsp3) is 0.182. The molecule has 8 heteroatoms. The minimum absolute atomic E-state index is 0.0866. The normalized spacial score (nSPS) is 11.4. The first-order valence-electron chi connectivity index (χ1n) is 9.43. The topological polar surface area (TPSA) is 97.3 Å². The molecule has 1 heterocycles. The molecule has 0 aliphatic rings. The molecule has 0 fully saturated rings. The molecule has 7 nitrogen and oxygen atoms in total. The Morgan fingerprint density at radius 2 is 1.83 bits per heavy atom. The molecule has 2 N–H and O–H groups in total. The highest BCUT2D eigenvalue weighted by Crippen LogP contribution is 2.18. The van der Waals surface area contributed by atoms with Crippen molar-refractivity contribution in [2.45, 2.75) is 25.3 Å². The van der Waals surface area contributed by atoms with Crippen LogP contribution in [0.25, 0.3) is 10.9 Å². The summed E-state index contributed by atoms with van der Waals surface area (Å²) in [5.74, 6) is -0.389. The summed E-state index contributed by atoms with van der Waals surface area (Å²) in [5, 5.41) is 3.20. The van der Waals surface area contributed by atoms with Crippen LogP contribution in [0.2, 0.25) is 0 Å². The summed E-state index contributed by atoms with van der Waals surface area (Å²) in [6.45, 7) is 8.19. The number of amides is 1. The van der Waals surface area contributed by atoms with Gasteiger partial charge in [-0.05, 0) is 56.3 Å². The van der Waals surface area contributed by atoms with Crippen molar-refractivity contribution in [2.75, 3.05) is 11.9 Å². The zero-order chi connectivity index (χ0) is 21.9. The number of benzene rings is 2. The molecular weight excluding hydrogens is 402 g/mol. The van der Waals surface area contributed by atoms with E-state index < -0.39 is 10.0 Å². The number of carbonyl (C=O) groups is 1. The molecule has 156 valence electrons. The van der Waals surface area contributed by atoms with Gasteiger partial charge in [-0.3, -0.25) is 9.59 Å². The summed E-state index contributed by atoms with van der Waals surface area (Å²) >= 11 is 0. The monoisotopic (exact) mass is 425 g/mol. The van der Waals surface area contributed by atoms with Gasteiger partial charge in [-0.2, -0.15) is 0 Å². The molecule has 1 amide bonds. The standard InChI is InChI=1S/C22H23N3O4S/c1-4-12-23-30(28,29)18-9-7-17(8-10-18)24-22(27)16-6-11-20-19(14-16)21(26)13-15(3)25(20)5-2/h4,6-11,13-14,23H,1,5,12H2,2-3H3,(H,24,27). The Morgan fingerprint density at radius 1 is 1.13 bits per heavy atom. The zero-order valence-corrected chi connectivity index (χ0v) is 17.6. The maximum atomic E-state index is 12.7. The number of fused-ring (bicyclic) bond motifs is 1. The predicted octanol–water partition coefficient (Wildman–Crippen LogP) is 3.05. The van der Waals surface area contributed by atoms with E-state index in [9.17, 15) is 18.0 Å². The number of carbonyl (C=O) groups excluding carboxylic acids is 1. The number of nitrogens with zero attached hydrogens (tertiary/aromatic N) is 1. The van der Waals surface area contributed by atoms with E-state index >= 15 is 0 Å². The molecule has 0 unspecified atom stereocenters. The molecule has 3 rings (SSSR count). The largest absolute Gasteiger partial charge is 0.345 e. The van der Waals surface area contributed by atoms with Crippen LogP contribution in [0.4, 0.5) is 5.69 Å². The average molecular weight is 426 g/mol. The molecule has 0 spiro atoms. The van der Waals surface area contributed by atoms with Crippen molar-refractivity contribution in [3.8, 4) is 0 Å². The van der Waals surface area contributed by atoms with Gasteiger partial charge in [-0.1, -0.05) is 6.08 Å². The van der Waals surface area contributed by atoms with Crippen LogP contribution in [0.3, 0.4) is 0 Å². The van der Waals surface area contributed by atoms with Gasteiger partial charge in [0.05, 0.1) is 10.4 Å². The van der Waals surface area contributed by atoms with E-state index in [-0.39, 0.29) is 22.8 Å². The molecule has 1 aromatic heterocycles. The van der Waals surface area contributed by atoms with Crippen LogP contribution in [-0.4, -0.2) is 25.4 Å². The van der Waals surface area contributed by atoms with Gasteiger partial charge in [0.25, 0.3) is 5.91 Å². The Bertz CT molecular complexity index is 1280. The van der Waals surface area contributed by atoms with Crippen molar-refractivity contribution in [1.82, 2.24) is 9.29 Å². The molecule has 0 aliphatic heterocycles. The van der Waals surface area contributed by atoms with Crippen molar-refractivity contribution in [3.05, 3.63) is 82.7 Å². The molecule has 0 aliphatic carbocycles. The molecule has 3 aromatic rings. The smallest absolute Gasteiger partial charge is 0.255 e. The molecule has 0 saturated carbocycles. The van der Waals surface area contributed by atoms with Gasteiger partial charge in [0.2, 0.25) is 10.0 Å². The Hall–Kier alpha value is -3.23. The predicted molar refractivity (Wildman–Crippen MR) is 118 cm³/mol. The second kappa shape index (κ2) is 8.64. The minimum Gasteiger partial charge on any atom is -0.345 e. The van der Waals surface area contributed by atoms with Gasteiger partial charge in [-0.15, -0.1) is 6.58 Å². The second-order valence-electron chi connectivity index (χ2n) is 6.75. The number of nitrogens with one attached hydrogen (secondary N) is 2.